The van der Waals surface area contributed by atoms with E-state index in [0.29, 0.717) is 29.2 Å². The quantitative estimate of drug-likeness (QED) is 0.596. The molecule has 6 nitrogen and oxygen atoms in total. The fourth-order valence-electron chi connectivity index (χ4n) is 3.10. The molecule has 0 spiro atoms. The number of para-hydroxylation sites is 1. The third kappa shape index (κ3) is 4.76. The number of rotatable bonds is 7. The molecule has 0 saturated heterocycles. The number of hydrogen-bond acceptors (Lipinski definition) is 5. The van der Waals surface area contributed by atoms with Gasteiger partial charge in [0.25, 0.3) is 5.91 Å². The van der Waals surface area contributed by atoms with Crippen LogP contribution in [0, 0.1) is 12.8 Å². The van der Waals surface area contributed by atoms with Crippen molar-refractivity contribution < 1.29 is 18.7 Å². The number of hydrogen-bond donors (Lipinski definition) is 1. The van der Waals surface area contributed by atoms with E-state index in [2.05, 4.69) is 19.2 Å². The molecule has 0 aliphatic rings. The summed E-state index contributed by atoms with van der Waals surface area (Å²) in [5.41, 5.74) is 1.25. The van der Waals surface area contributed by atoms with Crippen molar-refractivity contribution in [1.29, 1.82) is 0 Å². The van der Waals surface area contributed by atoms with E-state index < -0.39 is 12.6 Å². The highest BCUT2D eigenvalue weighted by Gasteiger charge is 2.19. The van der Waals surface area contributed by atoms with Crippen LogP contribution >= 0.6 is 0 Å². The summed E-state index contributed by atoms with van der Waals surface area (Å²) >= 11 is 0. The minimum atomic E-state index is -0.717. The first kappa shape index (κ1) is 21.3. The summed E-state index contributed by atoms with van der Waals surface area (Å²) in [6.45, 7) is 5.95. The van der Waals surface area contributed by atoms with Gasteiger partial charge < -0.3 is 14.5 Å². The highest BCUT2D eigenvalue weighted by Crippen LogP contribution is 2.27. The minimum absolute atomic E-state index is 0.108. The van der Waals surface area contributed by atoms with Crippen molar-refractivity contribution in [3.8, 4) is 11.3 Å². The van der Waals surface area contributed by atoms with E-state index in [1.807, 2.05) is 30.3 Å². The molecule has 0 bridgehead atoms. The number of amides is 1. The standard InChI is InChI=1S/C24H25NO5/c1-15(2)12-13-25-20(26)14-29-24(28)19-11-7-10-18-21(27)16(3)22(30-23(18)19)17-8-5-4-6-9-17/h4-11,15H,12-14H2,1-3H3,(H,25,26). The molecule has 1 aromatic heterocycles. The first-order valence-electron chi connectivity index (χ1n) is 9.94. The maximum Gasteiger partial charge on any atom is 0.342 e. The van der Waals surface area contributed by atoms with Crippen LogP contribution in [-0.4, -0.2) is 25.0 Å². The molecule has 156 valence electrons. The Morgan fingerprint density at radius 2 is 1.80 bits per heavy atom. The lowest BCUT2D eigenvalue weighted by atomic mass is 10.0. The molecule has 0 radical (unpaired) electrons. The zero-order valence-electron chi connectivity index (χ0n) is 17.4. The molecule has 0 saturated carbocycles. The van der Waals surface area contributed by atoms with Gasteiger partial charge in [-0.3, -0.25) is 9.59 Å². The van der Waals surface area contributed by atoms with Gasteiger partial charge in [0.05, 0.1) is 5.39 Å². The van der Waals surface area contributed by atoms with E-state index in [9.17, 15) is 14.4 Å². The SMILES string of the molecule is Cc1c(-c2ccccc2)oc2c(C(=O)OCC(=O)NCCC(C)C)cccc2c1=O. The third-order valence-corrected chi connectivity index (χ3v) is 4.78. The first-order chi connectivity index (χ1) is 14.4. The lowest BCUT2D eigenvalue weighted by molar-refractivity contribution is -0.124. The maximum absolute atomic E-state index is 12.9. The van der Waals surface area contributed by atoms with Crippen molar-refractivity contribution >= 4 is 22.8 Å². The van der Waals surface area contributed by atoms with Gasteiger partial charge >= 0.3 is 5.97 Å². The Labute approximate surface area is 174 Å². The van der Waals surface area contributed by atoms with Crippen LogP contribution in [0.2, 0.25) is 0 Å². The molecule has 3 rings (SSSR count). The largest absolute Gasteiger partial charge is 0.455 e. The number of ether oxygens (including phenoxy) is 1. The van der Waals surface area contributed by atoms with Crippen LogP contribution < -0.4 is 10.7 Å². The van der Waals surface area contributed by atoms with Gasteiger partial charge in [-0.15, -0.1) is 0 Å². The van der Waals surface area contributed by atoms with Gasteiger partial charge in [0, 0.05) is 17.7 Å². The third-order valence-electron chi connectivity index (χ3n) is 4.78. The van der Waals surface area contributed by atoms with E-state index in [1.54, 1.807) is 19.1 Å². The smallest absolute Gasteiger partial charge is 0.342 e. The van der Waals surface area contributed by atoms with Crippen molar-refractivity contribution in [1.82, 2.24) is 5.32 Å². The summed E-state index contributed by atoms with van der Waals surface area (Å²) in [6.07, 6.45) is 0.843. The van der Waals surface area contributed by atoms with E-state index >= 15 is 0 Å². The Balaban J connectivity index is 1.87. The second-order valence-electron chi connectivity index (χ2n) is 7.54. The van der Waals surface area contributed by atoms with E-state index in [-0.39, 0.29) is 22.5 Å². The van der Waals surface area contributed by atoms with Crippen LogP contribution in [0.1, 0.15) is 36.2 Å². The molecule has 30 heavy (non-hydrogen) atoms. The topological polar surface area (TPSA) is 85.6 Å². The fraction of sp³-hybridized carbons (Fsp3) is 0.292. The highest BCUT2D eigenvalue weighted by atomic mass is 16.5. The Morgan fingerprint density at radius 3 is 2.50 bits per heavy atom. The van der Waals surface area contributed by atoms with Crippen molar-refractivity contribution in [2.45, 2.75) is 27.2 Å². The van der Waals surface area contributed by atoms with Gasteiger partial charge in [-0.2, -0.15) is 0 Å². The van der Waals surface area contributed by atoms with Gasteiger partial charge in [-0.05, 0) is 31.4 Å². The average molecular weight is 407 g/mol. The van der Waals surface area contributed by atoms with Crippen molar-refractivity contribution in [2.24, 2.45) is 5.92 Å². The van der Waals surface area contributed by atoms with Gasteiger partial charge in [0.15, 0.2) is 17.6 Å². The molecule has 0 fully saturated rings. The zero-order valence-corrected chi connectivity index (χ0v) is 17.4. The van der Waals surface area contributed by atoms with Crippen LogP contribution in [0.25, 0.3) is 22.3 Å². The maximum atomic E-state index is 12.9. The van der Waals surface area contributed by atoms with E-state index in [0.717, 1.165) is 12.0 Å². The number of carbonyl (C=O) groups is 2. The minimum Gasteiger partial charge on any atom is -0.455 e. The molecule has 1 heterocycles. The molecule has 0 atom stereocenters. The molecule has 3 aromatic rings. The predicted octanol–water partition coefficient (Wildman–Crippen LogP) is 4.09. The Morgan fingerprint density at radius 1 is 1.07 bits per heavy atom. The molecule has 1 N–H and O–H groups in total. The zero-order chi connectivity index (χ0) is 21.7. The summed E-state index contributed by atoms with van der Waals surface area (Å²) in [4.78, 5) is 37.4. The molecule has 0 unspecified atom stereocenters. The molecule has 6 heteroatoms. The van der Waals surface area contributed by atoms with Crippen molar-refractivity contribution in [2.75, 3.05) is 13.2 Å². The summed E-state index contributed by atoms with van der Waals surface area (Å²) in [6, 6.07) is 14.0. The molecule has 0 aliphatic heterocycles. The number of benzene rings is 2. The second kappa shape index (κ2) is 9.39. The van der Waals surface area contributed by atoms with Gasteiger partial charge in [-0.1, -0.05) is 50.2 Å². The van der Waals surface area contributed by atoms with Crippen LogP contribution in [0.4, 0.5) is 0 Å². The normalized spacial score (nSPS) is 10.9. The van der Waals surface area contributed by atoms with Gasteiger partial charge in [-0.25, -0.2) is 4.79 Å². The Hall–Kier alpha value is -3.41. The summed E-state index contributed by atoms with van der Waals surface area (Å²) in [5, 5.41) is 3.01. The van der Waals surface area contributed by atoms with Crippen LogP contribution in [0.15, 0.2) is 57.7 Å². The highest BCUT2D eigenvalue weighted by molar-refractivity contribution is 6.02. The Kier molecular flexibility index (Phi) is 6.67. The van der Waals surface area contributed by atoms with Crippen molar-refractivity contribution in [3.63, 3.8) is 0 Å². The van der Waals surface area contributed by atoms with Crippen LogP contribution in [-0.2, 0) is 9.53 Å². The summed E-state index contributed by atoms with van der Waals surface area (Å²) < 4.78 is 11.2. The monoisotopic (exact) mass is 407 g/mol. The number of esters is 1. The molecule has 1 amide bonds. The molecular weight excluding hydrogens is 382 g/mol. The average Bonchev–Trinajstić information content (AvgIpc) is 2.74. The first-order valence-corrected chi connectivity index (χ1v) is 9.94. The molecule has 2 aromatic carbocycles. The van der Waals surface area contributed by atoms with E-state index in [4.69, 9.17) is 9.15 Å². The molecular formula is C24H25NO5. The lowest BCUT2D eigenvalue weighted by Crippen LogP contribution is -2.30. The van der Waals surface area contributed by atoms with Gasteiger partial charge in [0.1, 0.15) is 11.3 Å². The number of fused-ring (bicyclic) bond motifs is 1. The molecule has 0 aliphatic carbocycles. The summed E-state index contributed by atoms with van der Waals surface area (Å²) in [7, 11) is 0. The van der Waals surface area contributed by atoms with Crippen molar-refractivity contribution in [3.05, 3.63) is 69.9 Å². The Bertz CT molecular complexity index is 1120. The van der Waals surface area contributed by atoms with Crippen LogP contribution in [0.5, 0.6) is 0 Å². The second-order valence-corrected chi connectivity index (χ2v) is 7.54. The predicted molar refractivity (Wildman–Crippen MR) is 115 cm³/mol. The number of nitrogens with one attached hydrogen (secondary N) is 1. The summed E-state index contributed by atoms with van der Waals surface area (Å²) in [5.74, 6) is -0.217. The number of carbonyl (C=O) groups excluding carboxylic acids is 2. The fourth-order valence-corrected chi connectivity index (χ4v) is 3.10. The van der Waals surface area contributed by atoms with E-state index in [1.165, 1.54) is 6.07 Å². The van der Waals surface area contributed by atoms with Crippen LogP contribution in [0.3, 0.4) is 0 Å². The van der Waals surface area contributed by atoms with Gasteiger partial charge in [0.2, 0.25) is 0 Å². The lowest BCUT2D eigenvalue weighted by Gasteiger charge is -2.11.